The molecule has 0 aliphatic carbocycles. The lowest BCUT2D eigenvalue weighted by molar-refractivity contribution is -0.135. The second kappa shape index (κ2) is 7.42. The van der Waals surface area contributed by atoms with Crippen LogP contribution < -0.4 is 10.5 Å². The van der Waals surface area contributed by atoms with Crippen LogP contribution in [0.2, 0.25) is 0 Å². The highest BCUT2D eigenvalue weighted by atomic mass is 16.5. The fourth-order valence-electron chi connectivity index (χ4n) is 2.92. The molecule has 0 radical (unpaired) electrons. The van der Waals surface area contributed by atoms with Crippen LogP contribution in [0.25, 0.3) is 0 Å². The van der Waals surface area contributed by atoms with Gasteiger partial charge in [0.1, 0.15) is 5.75 Å². The highest BCUT2D eigenvalue weighted by molar-refractivity contribution is 5.82. The zero-order chi connectivity index (χ0) is 16.1. The number of hydrogen-bond donors (Lipinski definition) is 1. The molecule has 1 saturated heterocycles. The molecule has 1 fully saturated rings. The average molecular weight is 303 g/mol. The summed E-state index contributed by atoms with van der Waals surface area (Å²) in [7, 11) is 3.59. The van der Waals surface area contributed by atoms with Gasteiger partial charge in [-0.15, -0.1) is 6.58 Å². The zero-order valence-electron chi connectivity index (χ0n) is 13.4. The fraction of sp³-hybridized carbons (Fsp3) is 0.471. The molecule has 1 aliphatic heterocycles. The molecular formula is C17H25N3O2. The maximum absolute atomic E-state index is 12.8. The first-order valence-corrected chi connectivity index (χ1v) is 7.53. The first kappa shape index (κ1) is 16.5. The first-order chi connectivity index (χ1) is 10.5. The van der Waals surface area contributed by atoms with Crippen molar-refractivity contribution in [3.63, 3.8) is 0 Å². The molecule has 5 heteroatoms. The Kier molecular flexibility index (Phi) is 5.57. The zero-order valence-corrected chi connectivity index (χ0v) is 13.4. The van der Waals surface area contributed by atoms with E-state index in [9.17, 15) is 4.79 Å². The number of methoxy groups -OCH3 is 1. The van der Waals surface area contributed by atoms with Crippen molar-refractivity contribution in [2.45, 2.75) is 25.0 Å². The van der Waals surface area contributed by atoms with E-state index >= 15 is 0 Å². The third-order valence-electron chi connectivity index (χ3n) is 4.03. The van der Waals surface area contributed by atoms with Gasteiger partial charge >= 0.3 is 0 Å². The predicted molar refractivity (Wildman–Crippen MR) is 87.6 cm³/mol. The highest BCUT2D eigenvalue weighted by Crippen LogP contribution is 2.19. The number of ether oxygens (including phenoxy) is 1. The van der Waals surface area contributed by atoms with E-state index in [0.717, 1.165) is 17.9 Å². The molecule has 0 saturated carbocycles. The molecule has 1 aliphatic rings. The molecule has 0 aromatic heterocycles. The summed E-state index contributed by atoms with van der Waals surface area (Å²) in [6.07, 6.45) is 2.47. The standard InChI is InChI=1S/C17H25N3O2/c1-4-8-20(11-13-6-5-7-15(9-13)22-3)17(21)16-10-14(18)12-19(16)2/h4-7,9,14,16H,1,8,10-12,18H2,2-3H3/t14-,16-/m0/s1. The van der Waals surface area contributed by atoms with E-state index in [1.807, 2.05) is 41.1 Å². The number of amides is 1. The van der Waals surface area contributed by atoms with Crippen LogP contribution >= 0.6 is 0 Å². The summed E-state index contributed by atoms with van der Waals surface area (Å²) < 4.78 is 5.24. The molecule has 2 rings (SSSR count). The van der Waals surface area contributed by atoms with Crippen LogP contribution in [0.5, 0.6) is 5.75 Å². The molecule has 0 bridgehead atoms. The van der Waals surface area contributed by atoms with Gasteiger partial charge in [0.05, 0.1) is 13.2 Å². The maximum Gasteiger partial charge on any atom is 0.240 e. The number of likely N-dealkylation sites (N-methyl/N-ethyl adjacent to an activating group) is 1. The van der Waals surface area contributed by atoms with Crippen LogP contribution in [0.1, 0.15) is 12.0 Å². The van der Waals surface area contributed by atoms with Crippen LogP contribution in [-0.4, -0.2) is 55.0 Å². The van der Waals surface area contributed by atoms with Gasteiger partial charge in [-0.2, -0.15) is 0 Å². The third-order valence-corrected chi connectivity index (χ3v) is 4.03. The quantitative estimate of drug-likeness (QED) is 0.803. The Morgan fingerprint density at radius 1 is 1.59 bits per heavy atom. The van der Waals surface area contributed by atoms with Crippen molar-refractivity contribution in [1.82, 2.24) is 9.80 Å². The minimum Gasteiger partial charge on any atom is -0.497 e. The Bertz CT molecular complexity index is 532. The molecule has 0 unspecified atom stereocenters. The Morgan fingerprint density at radius 2 is 2.36 bits per heavy atom. The van der Waals surface area contributed by atoms with Crippen molar-refractivity contribution >= 4 is 5.91 Å². The molecule has 1 aromatic rings. The van der Waals surface area contributed by atoms with Crippen molar-refractivity contribution in [3.05, 3.63) is 42.5 Å². The van der Waals surface area contributed by atoms with Gasteiger partial charge in [0.2, 0.25) is 5.91 Å². The lowest BCUT2D eigenvalue weighted by atomic mass is 10.1. The number of nitrogens with two attached hydrogens (primary N) is 1. The largest absolute Gasteiger partial charge is 0.497 e. The van der Waals surface area contributed by atoms with Gasteiger partial charge in [0.25, 0.3) is 0 Å². The molecule has 120 valence electrons. The van der Waals surface area contributed by atoms with Crippen LogP contribution in [0, 0.1) is 0 Å². The molecule has 0 spiro atoms. The van der Waals surface area contributed by atoms with E-state index in [0.29, 0.717) is 19.5 Å². The van der Waals surface area contributed by atoms with Crippen LogP contribution in [0.3, 0.4) is 0 Å². The first-order valence-electron chi connectivity index (χ1n) is 7.53. The van der Waals surface area contributed by atoms with E-state index in [4.69, 9.17) is 10.5 Å². The molecule has 5 nitrogen and oxygen atoms in total. The molecular weight excluding hydrogens is 278 g/mol. The number of carbonyl (C=O) groups is 1. The molecule has 22 heavy (non-hydrogen) atoms. The van der Waals surface area contributed by atoms with Crippen molar-refractivity contribution in [1.29, 1.82) is 0 Å². The van der Waals surface area contributed by atoms with Crippen LogP contribution in [0.4, 0.5) is 0 Å². The number of benzene rings is 1. The van der Waals surface area contributed by atoms with E-state index in [1.54, 1.807) is 13.2 Å². The molecule has 1 heterocycles. The van der Waals surface area contributed by atoms with Crippen molar-refractivity contribution < 1.29 is 9.53 Å². The number of hydrogen-bond acceptors (Lipinski definition) is 4. The summed E-state index contributed by atoms with van der Waals surface area (Å²) in [5.41, 5.74) is 7.01. The summed E-state index contributed by atoms with van der Waals surface area (Å²) in [4.78, 5) is 16.7. The summed E-state index contributed by atoms with van der Waals surface area (Å²) in [6, 6.07) is 7.71. The topological polar surface area (TPSA) is 58.8 Å². The fourth-order valence-corrected chi connectivity index (χ4v) is 2.92. The summed E-state index contributed by atoms with van der Waals surface area (Å²) in [5.74, 6) is 0.904. The number of likely N-dealkylation sites (tertiary alicyclic amines) is 1. The summed E-state index contributed by atoms with van der Waals surface area (Å²) in [6.45, 7) is 5.59. The van der Waals surface area contributed by atoms with Crippen molar-refractivity contribution in [2.75, 3.05) is 27.2 Å². The minimum atomic E-state index is -0.138. The van der Waals surface area contributed by atoms with Gasteiger partial charge in [0.15, 0.2) is 0 Å². The van der Waals surface area contributed by atoms with Gasteiger partial charge in [0, 0.05) is 25.7 Å². The Balaban J connectivity index is 2.11. The van der Waals surface area contributed by atoms with Crippen LogP contribution in [0.15, 0.2) is 36.9 Å². The summed E-state index contributed by atoms with van der Waals surface area (Å²) in [5, 5.41) is 0. The normalized spacial score (nSPS) is 21.6. The maximum atomic E-state index is 12.8. The van der Waals surface area contributed by atoms with Gasteiger partial charge in [-0.1, -0.05) is 18.2 Å². The van der Waals surface area contributed by atoms with Crippen LogP contribution in [-0.2, 0) is 11.3 Å². The average Bonchev–Trinajstić information content (AvgIpc) is 2.85. The van der Waals surface area contributed by atoms with Crippen molar-refractivity contribution in [2.24, 2.45) is 5.73 Å². The molecule has 1 amide bonds. The smallest absolute Gasteiger partial charge is 0.240 e. The molecule has 2 atom stereocenters. The Hall–Kier alpha value is -1.85. The Morgan fingerprint density at radius 3 is 2.95 bits per heavy atom. The number of carbonyl (C=O) groups excluding carboxylic acids is 1. The van der Waals surface area contributed by atoms with Crippen molar-refractivity contribution in [3.8, 4) is 5.75 Å². The van der Waals surface area contributed by atoms with E-state index in [-0.39, 0.29) is 18.0 Å². The van der Waals surface area contributed by atoms with E-state index < -0.39 is 0 Å². The molecule has 1 aromatic carbocycles. The van der Waals surface area contributed by atoms with E-state index in [1.165, 1.54) is 0 Å². The van der Waals surface area contributed by atoms with Gasteiger partial charge in [-0.3, -0.25) is 9.69 Å². The second-order valence-corrected chi connectivity index (χ2v) is 5.81. The monoisotopic (exact) mass is 303 g/mol. The highest BCUT2D eigenvalue weighted by Gasteiger charge is 2.34. The number of nitrogens with zero attached hydrogens (tertiary/aromatic N) is 2. The van der Waals surface area contributed by atoms with Gasteiger partial charge in [-0.05, 0) is 31.2 Å². The minimum absolute atomic E-state index is 0.0707. The number of rotatable bonds is 6. The van der Waals surface area contributed by atoms with Gasteiger partial charge in [-0.25, -0.2) is 0 Å². The third kappa shape index (κ3) is 3.87. The molecule has 2 N–H and O–H groups in total. The van der Waals surface area contributed by atoms with E-state index in [2.05, 4.69) is 6.58 Å². The second-order valence-electron chi connectivity index (χ2n) is 5.81. The lowest BCUT2D eigenvalue weighted by Gasteiger charge is -2.27. The Labute approximate surface area is 132 Å². The SMILES string of the molecule is C=CCN(Cc1cccc(OC)c1)C(=O)[C@@H]1C[C@H](N)CN1C. The van der Waals surface area contributed by atoms with Gasteiger partial charge < -0.3 is 15.4 Å². The predicted octanol–water partition coefficient (Wildman–Crippen LogP) is 1.24. The lowest BCUT2D eigenvalue weighted by Crippen LogP contribution is -2.44. The summed E-state index contributed by atoms with van der Waals surface area (Å²) >= 11 is 0.